The number of imide groups is 1. The third kappa shape index (κ3) is 6.55. The highest BCUT2D eigenvalue weighted by atomic mass is 127. The molecule has 9 nitrogen and oxygen atoms in total. The molecule has 0 aromatic heterocycles. The molecule has 0 bridgehead atoms. The van der Waals surface area contributed by atoms with Gasteiger partial charge in [0, 0.05) is 5.69 Å². The van der Waals surface area contributed by atoms with Crippen LogP contribution in [0.1, 0.15) is 19.4 Å². The van der Waals surface area contributed by atoms with Gasteiger partial charge in [0.1, 0.15) is 11.9 Å². The Morgan fingerprint density at radius 1 is 1.22 bits per heavy atom. The molecule has 3 rings (SSSR count). The van der Waals surface area contributed by atoms with E-state index in [1.807, 2.05) is 22.6 Å². The molecule has 1 N–H and O–H groups in total. The van der Waals surface area contributed by atoms with E-state index in [0.29, 0.717) is 26.3 Å². The van der Waals surface area contributed by atoms with Gasteiger partial charge in [-0.05, 0) is 96.2 Å². The van der Waals surface area contributed by atoms with Crippen molar-refractivity contribution in [2.75, 3.05) is 25.6 Å². The summed E-state index contributed by atoms with van der Waals surface area (Å²) in [4.78, 5) is 50.4. The maximum absolute atomic E-state index is 13.0. The molecular formula is C24H22FIN2O7S. The maximum Gasteiger partial charge on any atom is 0.329 e. The normalized spacial score (nSPS) is 15.1. The Balaban J connectivity index is 1.74. The number of methoxy groups -OCH3 is 1. The predicted octanol–water partition coefficient (Wildman–Crippen LogP) is 4.44. The molecule has 2 aromatic rings. The van der Waals surface area contributed by atoms with Gasteiger partial charge in [0.2, 0.25) is 0 Å². The zero-order valence-corrected chi connectivity index (χ0v) is 22.5. The fraction of sp³-hybridized carbons (Fsp3) is 0.250. The van der Waals surface area contributed by atoms with E-state index in [2.05, 4.69) is 5.32 Å². The summed E-state index contributed by atoms with van der Waals surface area (Å²) in [7, 11) is 1.43. The van der Waals surface area contributed by atoms with Crippen LogP contribution in [0.2, 0.25) is 0 Å². The molecule has 36 heavy (non-hydrogen) atoms. The molecule has 1 atom stereocenters. The van der Waals surface area contributed by atoms with Crippen LogP contribution >= 0.6 is 34.4 Å². The number of carbonyl (C=O) groups is 4. The van der Waals surface area contributed by atoms with Crippen molar-refractivity contribution >= 4 is 69.1 Å². The Bertz CT molecular complexity index is 1220. The van der Waals surface area contributed by atoms with E-state index in [1.165, 1.54) is 44.4 Å². The molecule has 1 saturated heterocycles. The first-order valence-electron chi connectivity index (χ1n) is 10.6. The highest BCUT2D eigenvalue weighted by molar-refractivity contribution is 14.1. The van der Waals surface area contributed by atoms with Gasteiger partial charge >= 0.3 is 5.97 Å². The lowest BCUT2D eigenvalue weighted by atomic mass is 10.1. The SMILES string of the molecule is CCOC(=O)[C@H](C)N1C(=O)S/C(=C/c2cc(I)c(OCC(=O)Nc3ccc(F)cc3)c(OC)c2)C1=O. The van der Waals surface area contributed by atoms with Crippen LogP contribution in [0.3, 0.4) is 0 Å². The third-order valence-electron chi connectivity index (χ3n) is 4.86. The largest absolute Gasteiger partial charge is 0.493 e. The van der Waals surface area contributed by atoms with Gasteiger partial charge in [-0.15, -0.1) is 0 Å². The molecule has 1 fully saturated rings. The predicted molar refractivity (Wildman–Crippen MR) is 140 cm³/mol. The second-order valence-electron chi connectivity index (χ2n) is 7.36. The maximum atomic E-state index is 13.0. The van der Waals surface area contributed by atoms with Crippen molar-refractivity contribution in [2.45, 2.75) is 19.9 Å². The summed E-state index contributed by atoms with van der Waals surface area (Å²) in [6.07, 6.45) is 1.51. The van der Waals surface area contributed by atoms with Gasteiger partial charge in [-0.3, -0.25) is 19.3 Å². The van der Waals surface area contributed by atoms with Crippen LogP contribution in [0, 0.1) is 9.39 Å². The van der Waals surface area contributed by atoms with Gasteiger partial charge in [-0.2, -0.15) is 0 Å². The molecule has 0 saturated carbocycles. The summed E-state index contributed by atoms with van der Waals surface area (Å²) < 4.78 is 29.6. The second kappa shape index (κ2) is 12.2. The fourth-order valence-electron chi connectivity index (χ4n) is 3.16. The number of benzene rings is 2. The highest BCUT2D eigenvalue weighted by Gasteiger charge is 2.41. The number of nitrogens with zero attached hydrogens (tertiary/aromatic N) is 1. The first-order chi connectivity index (χ1) is 17.1. The van der Waals surface area contributed by atoms with Gasteiger partial charge in [0.25, 0.3) is 17.1 Å². The number of rotatable bonds is 9. The molecule has 0 unspecified atom stereocenters. The lowest BCUT2D eigenvalue weighted by Crippen LogP contribution is -2.42. The number of carbonyl (C=O) groups excluding carboxylic acids is 4. The molecule has 3 amide bonds. The Morgan fingerprint density at radius 2 is 1.92 bits per heavy atom. The van der Waals surface area contributed by atoms with Crippen molar-refractivity contribution < 1.29 is 37.8 Å². The molecule has 1 heterocycles. The van der Waals surface area contributed by atoms with Gasteiger partial charge in [-0.25, -0.2) is 9.18 Å². The summed E-state index contributed by atoms with van der Waals surface area (Å²) in [5.74, 6) is -1.51. The Hall–Kier alpha value is -3.13. The summed E-state index contributed by atoms with van der Waals surface area (Å²) in [6.45, 7) is 2.88. The topological polar surface area (TPSA) is 111 Å². The van der Waals surface area contributed by atoms with Gasteiger partial charge in [0.05, 0.1) is 22.2 Å². The average Bonchev–Trinajstić information content (AvgIpc) is 3.11. The van der Waals surface area contributed by atoms with Gasteiger partial charge in [-0.1, -0.05) is 0 Å². The van der Waals surface area contributed by atoms with Crippen LogP contribution < -0.4 is 14.8 Å². The van der Waals surface area contributed by atoms with Crippen molar-refractivity contribution in [2.24, 2.45) is 0 Å². The lowest BCUT2D eigenvalue weighted by Gasteiger charge is -2.19. The van der Waals surface area contributed by atoms with Crippen molar-refractivity contribution in [3.63, 3.8) is 0 Å². The summed E-state index contributed by atoms with van der Waals surface area (Å²) >= 11 is 2.72. The summed E-state index contributed by atoms with van der Waals surface area (Å²) in [6, 6.07) is 7.57. The number of esters is 1. The molecule has 12 heteroatoms. The summed E-state index contributed by atoms with van der Waals surface area (Å²) in [5, 5.41) is 2.03. The minimum atomic E-state index is -1.05. The van der Waals surface area contributed by atoms with E-state index in [9.17, 15) is 23.6 Å². The minimum Gasteiger partial charge on any atom is -0.493 e. The lowest BCUT2D eigenvalue weighted by molar-refractivity contribution is -0.150. The zero-order chi connectivity index (χ0) is 26.4. The van der Waals surface area contributed by atoms with Gasteiger partial charge < -0.3 is 19.5 Å². The van der Waals surface area contributed by atoms with Crippen LogP contribution in [0.25, 0.3) is 6.08 Å². The van der Waals surface area contributed by atoms with Crippen LogP contribution in [0.15, 0.2) is 41.3 Å². The van der Waals surface area contributed by atoms with Crippen molar-refractivity contribution in [3.05, 3.63) is 56.3 Å². The standard InChI is InChI=1S/C24H22FIN2O7S/c1-4-34-23(31)13(2)28-22(30)19(36-24(28)32)11-14-9-17(26)21(18(10-14)33-3)35-12-20(29)27-16-7-5-15(25)6-8-16/h5-11,13H,4,12H2,1-3H3,(H,27,29)/b19-11+/t13-/m0/s1. The summed E-state index contributed by atoms with van der Waals surface area (Å²) in [5.41, 5.74) is 0.974. The van der Waals surface area contributed by atoms with Crippen molar-refractivity contribution in [1.29, 1.82) is 0 Å². The second-order valence-corrected chi connectivity index (χ2v) is 9.51. The van der Waals surface area contributed by atoms with E-state index in [1.54, 1.807) is 19.1 Å². The van der Waals surface area contributed by atoms with Crippen LogP contribution in [0.4, 0.5) is 14.9 Å². The molecule has 1 aliphatic heterocycles. The Kier molecular flexibility index (Phi) is 9.31. The number of anilines is 1. The molecular weight excluding hydrogens is 606 g/mol. The number of hydrogen-bond donors (Lipinski definition) is 1. The van der Waals surface area contributed by atoms with E-state index in [-0.39, 0.29) is 18.1 Å². The number of ether oxygens (including phenoxy) is 3. The number of hydrogen-bond acceptors (Lipinski definition) is 8. The molecule has 0 aliphatic carbocycles. The molecule has 1 aliphatic rings. The Labute approximate surface area is 224 Å². The monoisotopic (exact) mass is 628 g/mol. The number of thioether (sulfide) groups is 1. The zero-order valence-electron chi connectivity index (χ0n) is 19.5. The first kappa shape index (κ1) is 27.5. The third-order valence-corrected chi connectivity index (χ3v) is 6.55. The van der Waals surface area contributed by atoms with E-state index in [0.717, 1.165) is 16.7 Å². The van der Waals surface area contributed by atoms with Crippen LogP contribution in [-0.4, -0.2) is 54.3 Å². The number of amides is 3. The van der Waals surface area contributed by atoms with Crippen molar-refractivity contribution in [1.82, 2.24) is 4.90 Å². The minimum absolute atomic E-state index is 0.135. The van der Waals surface area contributed by atoms with Crippen LogP contribution in [-0.2, 0) is 19.1 Å². The molecule has 2 aromatic carbocycles. The molecule has 0 spiro atoms. The van der Waals surface area contributed by atoms with E-state index in [4.69, 9.17) is 14.2 Å². The van der Waals surface area contributed by atoms with E-state index >= 15 is 0 Å². The number of halogens is 2. The van der Waals surface area contributed by atoms with Crippen LogP contribution in [0.5, 0.6) is 11.5 Å². The quantitative estimate of drug-likeness (QED) is 0.247. The molecule has 0 radical (unpaired) electrons. The average molecular weight is 628 g/mol. The van der Waals surface area contributed by atoms with Crippen molar-refractivity contribution in [3.8, 4) is 11.5 Å². The first-order valence-corrected chi connectivity index (χ1v) is 12.5. The Morgan fingerprint density at radius 3 is 2.56 bits per heavy atom. The van der Waals surface area contributed by atoms with Gasteiger partial charge in [0.15, 0.2) is 18.1 Å². The fourth-order valence-corrected chi connectivity index (χ4v) is 4.85. The molecule has 190 valence electrons. The van der Waals surface area contributed by atoms with E-state index < -0.39 is 34.9 Å². The highest BCUT2D eigenvalue weighted by Crippen LogP contribution is 2.38. The smallest absolute Gasteiger partial charge is 0.329 e. The number of nitrogens with one attached hydrogen (secondary N) is 1.